The van der Waals surface area contributed by atoms with E-state index in [0.717, 1.165) is 35.5 Å². The minimum Gasteiger partial charge on any atom is -0.497 e. The summed E-state index contributed by atoms with van der Waals surface area (Å²) in [7, 11) is 1.07. The SMILES string of the molecule is C=CCOCCCCC12OC3[C@H](OCc4ccc(OC)cc4)[C@H](O1)C(O[Si](C)(C)C(C)(C)C)[C@H](O2)[C@H]3OCc1ccc(OC)cc1. The number of ether oxygens (including phenoxy) is 8. The lowest BCUT2D eigenvalue weighted by Crippen LogP contribution is -2.80. The molecule has 4 aliphatic rings. The van der Waals surface area contributed by atoms with Crippen LogP contribution >= 0.6 is 0 Å². The van der Waals surface area contributed by atoms with Gasteiger partial charge >= 0.3 is 0 Å². The van der Waals surface area contributed by atoms with Gasteiger partial charge in [-0.1, -0.05) is 51.1 Å². The number of methoxy groups -OCH3 is 2. The fourth-order valence-electron chi connectivity index (χ4n) is 5.98. The van der Waals surface area contributed by atoms with Gasteiger partial charge in [0.15, 0.2) is 8.32 Å². The lowest BCUT2D eigenvalue weighted by molar-refractivity contribution is -0.542. The molecule has 46 heavy (non-hydrogen) atoms. The molecule has 9 nitrogen and oxygen atoms in total. The molecule has 4 bridgehead atoms. The van der Waals surface area contributed by atoms with Crippen LogP contribution in [0, 0.1) is 0 Å². The van der Waals surface area contributed by atoms with Crippen LogP contribution in [0.1, 0.15) is 51.2 Å². The zero-order valence-electron chi connectivity index (χ0n) is 28.5. The third-order valence-corrected chi connectivity index (χ3v) is 14.1. The fourth-order valence-corrected chi connectivity index (χ4v) is 7.28. The lowest BCUT2D eigenvalue weighted by Gasteiger charge is -2.64. The second kappa shape index (κ2) is 14.9. The maximum absolute atomic E-state index is 7.13. The molecule has 1 saturated carbocycles. The van der Waals surface area contributed by atoms with Gasteiger partial charge in [-0.15, -0.1) is 6.58 Å². The number of benzene rings is 2. The van der Waals surface area contributed by atoms with Crippen molar-refractivity contribution in [3.05, 3.63) is 72.3 Å². The van der Waals surface area contributed by atoms with Crippen molar-refractivity contribution < 1.29 is 42.3 Å². The standard InChI is InChI=1S/C36H52O9Si/c1-9-21-39-22-11-10-20-36-42-31-29(40-23-25-12-16-27(37-5)17-13-25)32(43-36)34(45-46(7,8)35(2,3)4)33(44-36)30(31)41-24-26-14-18-28(38-6)19-15-26/h9,12-19,29-34H,1,10-11,20-24H2,2-8H3/t29-,30-,31?,32-,33+,34?,36?/m0/s1. The Kier molecular flexibility index (Phi) is 11.3. The molecule has 10 heteroatoms. The highest BCUT2D eigenvalue weighted by Crippen LogP contribution is 2.52. The minimum atomic E-state index is -2.25. The summed E-state index contributed by atoms with van der Waals surface area (Å²) in [6, 6.07) is 15.8. The van der Waals surface area contributed by atoms with Gasteiger partial charge in [-0.2, -0.15) is 0 Å². The summed E-state index contributed by atoms with van der Waals surface area (Å²) in [5, 5.41) is -0.0137. The maximum atomic E-state index is 7.13. The van der Waals surface area contributed by atoms with Crippen molar-refractivity contribution in [2.45, 2.75) is 114 Å². The van der Waals surface area contributed by atoms with Gasteiger partial charge in [0.25, 0.3) is 5.97 Å². The van der Waals surface area contributed by atoms with Crippen LogP contribution in [0.15, 0.2) is 61.2 Å². The molecule has 2 aromatic rings. The number of unbranched alkanes of at least 4 members (excludes halogenated alkanes) is 1. The zero-order valence-corrected chi connectivity index (χ0v) is 29.5. The Bertz CT molecular complexity index is 1190. The van der Waals surface area contributed by atoms with Crippen molar-refractivity contribution in [1.29, 1.82) is 0 Å². The molecule has 3 heterocycles. The van der Waals surface area contributed by atoms with E-state index in [2.05, 4.69) is 40.4 Å². The van der Waals surface area contributed by atoms with Crippen LogP contribution in [0.25, 0.3) is 0 Å². The molecule has 0 spiro atoms. The largest absolute Gasteiger partial charge is 0.497 e. The first-order valence-corrected chi connectivity index (χ1v) is 19.3. The second-order valence-corrected chi connectivity index (χ2v) is 18.6. The molecule has 4 fully saturated rings. The van der Waals surface area contributed by atoms with E-state index in [0.29, 0.717) is 32.8 Å². The van der Waals surface area contributed by atoms with E-state index in [4.69, 9.17) is 42.3 Å². The Hall–Kier alpha value is -2.28. The maximum Gasteiger partial charge on any atom is 0.284 e. The van der Waals surface area contributed by atoms with E-state index < -0.39 is 32.6 Å². The molecule has 0 amide bonds. The third kappa shape index (κ3) is 7.87. The molecular formula is C36H52O9Si. The van der Waals surface area contributed by atoms with Crippen molar-refractivity contribution in [2.24, 2.45) is 0 Å². The smallest absolute Gasteiger partial charge is 0.284 e. The van der Waals surface area contributed by atoms with Crippen LogP contribution in [0.5, 0.6) is 11.5 Å². The van der Waals surface area contributed by atoms with Gasteiger partial charge in [0.05, 0.1) is 34.0 Å². The van der Waals surface area contributed by atoms with Gasteiger partial charge < -0.3 is 42.3 Å². The van der Waals surface area contributed by atoms with Gasteiger partial charge in [0, 0.05) is 13.0 Å². The number of rotatable bonds is 17. The summed E-state index contributed by atoms with van der Waals surface area (Å²) in [6.07, 6.45) is 1.56. The molecule has 3 aliphatic heterocycles. The van der Waals surface area contributed by atoms with Gasteiger partial charge in [0.2, 0.25) is 0 Å². The van der Waals surface area contributed by atoms with Crippen LogP contribution < -0.4 is 9.47 Å². The summed E-state index contributed by atoms with van der Waals surface area (Å²) < 4.78 is 57.1. The minimum absolute atomic E-state index is 0.0137. The summed E-state index contributed by atoms with van der Waals surface area (Å²) in [6.45, 7) is 16.9. The normalized spacial score (nSPS) is 28.8. The summed E-state index contributed by atoms with van der Waals surface area (Å²) in [5.41, 5.74) is 2.05. The molecule has 0 N–H and O–H groups in total. The first-order valence-electron chi connectivity index (χ1n) is 16.4. The monoisotopic (exact) mass is 656 g/mol. The summed E-state index contributed by atoms with van der Waals surface area (Å²) >= 11 is 0. The van der Waals surface area contributed by atoms with Crippen LogP contribution in [-0.2, 0) is 46.1 Å². The summed E-state index contributed by atoms with van der Waals surface area (Å²) in [4.78, 5) is 0. The van der Waals surface area contributed by atoms with E-state index in [9.17, 15) is 0 Å². The fraction of sp³-hybridized carbons (Fsp3) is 0.611. The molecule has 2 aromatic carbocycles. The Morgan fingerprint density at radius 2 is 1.24 bits per heavy atom. The molecular weight excluding hydrogens is 604 g/mol. The van der Waals surface area contributed by atoms with Crippen molar-refractivity contribution >= 4 is 8.32 Å². The van der Waals surface area contributed by atoms with E-state index in [-0.39, 0.29) is 23.4 Å². The predicted molar refractivity (Wildman–Crippen MR) is 177 cm³/mol. The third-order valence-electron chi connectivity index (χ3n) is 9.59. The molecule has 0 radical (unpaired) electrons. The van der Waals surface area contributed by atoms with E-state index in [1.807, 2.05) is 48.5 Å². The Morgan fingerprint density at radius 3 is 1.67 bits per heavy atom. The zero-order chi connectivity index (χ0) is 33.0. The van der Waals surface area contributed by atoms with Gasteiger partial charge in [-0.25, -0.2) is 0 Å². The molecule has 0 aromatic heterocycles. The Morgan fingerprint density at radius 1 is 0.761 bits per heavy atom. The summed E-state index contributed by atoms with van der Waals surface area (Å²) in [5.74, 6) is 0.411. The van der Waals surface area contributed by atoms with Gasteiger partial charge in [-0.05, 0) is 66.4 Å². The molecule has 1 aliphatic carbocycles. The molecule has 6 rings (SSSR count). The molecule has 3 unspecified atom stereocenters. The first-order chi connectivity index (χ1) is 22.0. The highest BCUT2D eigenvalue weighted by atomic mass is 28.4. The van der Waals surface area contributed by atoms with Crippen LogP contribution in [0.4, 0.5) is 0 Å². The van der Waals surface area contributed by atoms with Crippen molar-refractivity contribution in [1.82, 2.24) is 0 Å². The first kappa shape index (κ1) is 35.0. The van der Waals surface area contributed by atoms with Crippen LogP contribution in [0.2, 0.25) is 18.1 Å². The topological polar surface area (TPSA) is 83.1 Å². The average molecular weight is 657 g/mol. The quantitative estimate of drug-likeness (QED) is 0.104. The van der Waals surface area contributed by atoms with E-state index in [1.54, 1.807) is 20.3 Å². The predicted octanol–water partition coefficient (Wildman–Crippen LogP) is 6.79. The number of hydrogen-bond donors (Lipinski definition) is 0. The lowest BCUT2D eigenvalue weighted by atomic mass is 9.81. The molecule has 3 saturated heterocycles. The molecule has 7 atom stereocenters. The van der Waals surface area contributed by atoms with Gasteiger partial charge in [0.1, 0.15) is 48.1 Å². The highest BCUT2D eigenvalue weighted by molar-refractivity contribution is 6.74. The van der Waals surface area contributed by atoms with E-state index >= 15 is 0 Å². The van der Waals surface area contributed by atoms with Gasteiger partial charge in [-0.3, -0.25) is 0 Å². The second-order valence-electron chi connectivity index (χ2n) is 13.8. The van der Waals surface area contributed by atoms with E-state index in [1.165, 1.54) is 0 Å². The Labute approximate surface area is 275 Å². The van der Waals surface area contributed by atoms with Crippen LogP contribution in [-0.4, -0.2) is 78.3 Å². The highest BCUT2D eigenvalue weighted by Gasteiger charge is 2.69. The molecule has 254 valence electrons. The Balaban J connectivity index is 1.41. The average Bonchev–Trinajstić information content (AvgIpc) is 3.03. The van der Waals surface area contributed by atoms with Crippen molar-refractivity contribution in [3.63, 3.8) is 0 Å². The van der Waals surface area contributed by atoms with Crippen LogP contribution in [0.3, 0.4) is 0 Å². The number of hydrogen-bond acceptors (Lipinski definition) is 9. The van der Waals surface area contributed by atoms with Crippen molar-refractivity contribution in [2.75, 3.05) is 27.4 Å². The van der Waals surface area contributed by atoms with Crippen molar-refractivity contribution in [3.8, 4) is 11.5 Å².